The highest BCUT2D eigenvalue weighted by molar-refractivity contribution is 6.10. The third-order valence-corrected chi connectivity index (χ3v) is 4.09. The molecule has 7 heteroatoms. The number of amides is 3. The predicted molar refractivity (Wildman–Crippen MR) is 98.6 cm³/mol. The summed E-state index contributed by atoms with van der Waals surface area (Å²) in [4.78, 5) is 35.7. The zero-order chi connectivity index (χ0) is 19.3. The van der Waals surface area contributed by atoms with Crippen molar-refractivity contribution in [3.8, 4) is 0 Å². The molecule has 0 bridgehead atoms. The van der Waals surface area contributed by atoms with Crippen LogP contribution in [-0.2, 0) is 6.54 Å². The Hall–Kier alpha value is -3.35. The van der Waals surface area contributed by atoms with E-state index in [1.165, 1.54) is 25.2 Å². The van der Waals surface area contributed by atoms with E-state index >= 15 is 0 Å². The lowest BCUT2D eigenvalue weighted by molar-refractivity contribution is 0.0698. The van der Waals surface area contributed by atoms with Gasteiger partial charge in [0.15, 0.2) is 0 Å². The van der Waals surface area contributed by atoms with Gasteiger partial charge < -0.3 is 15.7 Å². The van der Waals surface area contributed by atoms with E-state index in [2.05, 4.69) is 16.0 Å². The Labute approximate surface area is 151 Å². The van der Waals surface area contributed by atoms with Crippen molar-refractivity contribution in [3.05, 3.63) is 64.2 Å². The topological polar surface area (TPSA) is 108 Å². The largest absolute Gasteiger partial charge is 0.478 e. The summed E-state index contributed by atoms with van der Waals surface area (Å²) in [6.07, 6.45) is 0. The Morgan fingerprint density at radius 2 is 1.54 bits per heavy atom. The second kappa shape index (κ2) is 8.15. The molecule has 0 saturated carbocycles. The molecule has 26 heavy (non-hydrogen) atoms. The first-order chi connectivity index (χ1) is 12.3. The van der Waals surface area contributed by atoms with Gasteiger partial charge in [-0.3, -0.25) is 10.1 Å². The molecule has 0 unspecified atom stereocenters. The molecule has 0 spiro atoms. The monoisotopic (exact) mass is 355 g/mol. The lowest BCUT2D eigenvalue weighted by Gasteiger charge is -2.13. The highest BCUT2D eigenvalue weighted by Crippen LogP contribution is 2.21. The molecule has 7 nitrogen and oxygen atoms in total. The van der Waals surface area contributed by atoms with E-state index in [-0.39, 0.29) is 23.4 Å². The first kappa shape index (κ1) is 19.0. The molecule has 0 aromatic heterocycles. The highest BCUT2D eigenvalue weighted by atomic mass is 16.4. The average Bonchev–Trinajstić information content (AvgIpc) is 2.60. The molecule has 2 aromatic carbocycles. The van der Waals surface area contributed by atoms with Crippen LogP contribution in [-0.4, -0.2) is 30.1 Å². The number of carboxylic acid groups (broad SMARTS) is 1. The van der Waals surface area contributed by atoms with Gasteiger partial charge in [0.1, 0.15) is 0 Å². The molecule has 0 fully saturated rings. The van der Waals surface area contributed by atoms with Crippen LogP contribution in [0.3, 0.4) is 0 Å². The number of carboxylic acids is 1. The van der Waals surface area contributed by atoms with Crippen molar-refractivity contribution in [2.24, 2.45) is 0 Å². The van der Waals surface area contributed by atoms with Gasteiger partial charge in [-0.1, -0.05) is 24.3 Å². The van der Waals surface area contributed by atoms with Gasteiger partial charge in [-0.25, -0.2) is 9.59 Å². The van der Waals surface area contributed by atoms with Crippen molar-refractivity contribution in [2.75, 3.05) is 12.4 Å². The summed E-state index contributed by atoms with van der Waals surface area (Å²) >= 11 is 0. The van der Waals surface area contributed by atoms with Crippen LogP contribution in [0.4, 0.5) is 10.5 Å². The summed E-state index contributed by atoms with van der Waals surface area (Å²) in [5.41, 5.74) is 3.26. The Balaban J connectivity index is 2.09. The first-order valence-electron chi connectivity index (χ1n) is 8.03. The van der Waals surface area contributed by atoms with Crippen LogP contribution in [0, 0.1) is 13.8 Å². The highest BCUT2D eigenvalue weighted by Gasteiger charge is 2.19. The van der Waals surface area contributed by atoms with Gasteiger partial charge in [-0.05, 0) is 42.7 Å². The van der Waals surface area contributed by atoms with Crippen molar-refractivity contribution in [2.45, 2.75) is 20.4 Å². The van der Waals surface area contributed by atoms with Crippen molar-refractivity contribution in [3.63, 3.8) is 0 Å². The number of carbonyl (C=O) groups is 3. The van der Waals surface area contributed by atoms with Crippen molar-refractivity contribution >= 4 is 23.6 Å². The minimum absolute atomic E-state index is 0.0453. The number of anilines is 1. The molecular weight excluding hydrogens is 334 g/mol. The number of rotatable bonds is 5. The number of hydrogen-bond acceptors (Lipinski definition) is 4. The Kier molecular flexibility index (Phi) is 5.95. The summed E-state index contributed by atoms with van der Waals surface area (Å²) in [5.74, 6) is -1.85. The summed E-state index contributed by atoms with van der Waals surface area (Å²) < 4.78 is 0. The molecule has 136 valence electrons. The van der Waals surface area contributed by atoms with Crippen molar-refractivity contribution in [1.82, 2.24) is 10.6 Å². The molecule has 0 aliphatic carbocycles. The molecule has 0 radical (unpaired) electrons. The summed E-state index contributed by atoms with van der Waals surface area (Å²) in [6.45, 7) is 4.18. The van der Waals surface area contributed by atoms with E-state index in [1.54, 1.807) is 0 Å². The Bertz CT molecular complexity index is 842. The molecule has 4 N–H and O–H groups in total. The van der Waals surface area contributed by atoms with E-state index in [0.29, 0.717) is 0 Å². The van der Waals surface area contributed by atoms with Crippen LogP contribution in [0.25, 0.3) is 0 Å². The summed E-state index contributed by atoms with van der Waals surface area (Å²) in [5, 5.41) is 16.8. The maximum atomic E-state index is 12.3. The minimum Gasteiger partial charge on any atom is -0.478 e. The van der Waals surface area contributed by atoms with E-state index in [4.69, 9.17) is 0 Å². The lowest BCUT2D eigenvalue weighted by atomic mass is 10.0. The number of aromatic carboxylic acids is 1. The van der Waals surface area contributed by atoms with Gasteiger partial charge in [-0.15, -0.1) is 0 Å². The zero-order valence-corrected chi connectivity index (χ0v) is 14.8. The third kappa shape index (κ3) is 4.18. The second-order valence-corrected chi connectivity index (χ2v) is 5.79. The van der Waals surface area contributed by atoms with Crippen LogP contribution in [0.2, 0.25) is 0 Å². The van der Waals surface area contributed by atoms with Crippen LogP contribution in [0.15, 0.2) is 36.4 Å². The molecule has 0 saturated heterocycles. The number of urea groups is 1. The normalized spacial score (nSPS) is 10.1. The fourth-order valence-electron chi connectivity index (χ4n) is 2.70. The van der Waals surface area contributed by atoms with Crippen LogP contribution in [0.5, 0.6) is 0 Å². The van der Waals surface area contributed by atoms with Crippen molar-refractivity contribution in [1.29, 1.82) is 0 Å². The second-order valence-electron chi connectivity index (χ2n) is 5.79. The third-order valence-electron chi connectivity index (χ3n) is 4.09. The number of nitrogens with one attached hydrogen (secondary N) is 3. The van der Waals surface area contributed by atoms with Crippen molar-refractivity contribution < 1.29 is 19.5 Å². The Morgan fingerprint density at radius 3 is 2.12 bits per heavy atom. The predicted octanol–water partition coefficient (Wildman–Crippen LogP) is 2.68. The quantitative estimate of drug-likeness (QED) is 0.660. The molecule has 0 heterocycles. The fraction of sp³-hybridized carbons (Fsp3) is 0.211. The van der Waals surface area contributed by atoms with E-state index in [0.717, 1.165) is 16.7 Å². The van der Waals surface area contributed by atoms with E-state index < -0.39 is 17.9 Å². The molecule has 0 aliphatic rings. The number of imide groups is 1. The molecule has 2 rings (SSSR count). The number of carbonyl (C=O) groups excluding carboxylic acids is 2. The van der Waals surface area contributed by atoms with Gasteiger partial charge in [0.05, 0.1) is 16.8 Å². The minimum atomic E-state index is -1.16. The van der Waals surface area contributed by atoms with Gasteiger partial charge in [0, 0.05) is 13.6 Å². The molecule has 3 amide bonds. The average molecular weight is 355 g/mol. The Morgan fingerprint density at radius 1 is 0.962 bits per heavy atom. The van der Waals surface area contributed by atoms with E-state index in [1.807, 2.05) is 32.0 Å². The standard InChI is InChI=1S/C19H21N3O4/c1-11-6-4-7-12(2)15(11)10-21-19(26)22-17(23)13-8-5-9-14(18(24)25)16(13)20-3/h4-9,20H,10H2,1-3H3,(H,24,25)(H2,21,22,23,26). The SMILES string of the molecule is CNc1c(C(=O)O)cccc1C(=O)NC(=O)NCc1c(C)cccc1C. The van der Waals surface area contributed by atoms with Crippen LogP contribution in [0.1, 0.15) is 37.4 Å². The number of benzene rings is 2. The van der Waals surface area contributed by atoms with Gasteiger partial charge in [0.25, 0.3) is 5.91 Å². The summed E-state index contributed by atoms with van der Waals surface area (Å²) in [7, 11) is 1.51. The number of para-hydroxylation sites is 1. The maximum Gasteiger partial charge on any atom is 0.337 e. The van der Waals surface area contributed by atoms with Gasteiger partial charge in [0.2, 0.25) is 0 Å². The molecular formula is C19H21N3O4. The number of aryl methyl sites for hydroxylation is 2. The van der Waals surface area contributed by atoms with Crippen LogP contribution < -0.4 is 16.0 Å². The smallest absolute Gasteiger partial charge is 0.337 e. The fourth-order valence-corrected chi connectivity index (χ4v) is 2.70. The number of hydrogen-bond donors (Lipinski definition) is 4. The van der Waals surface area contributed by atoms with Gasteiger partial charge >= 0.3 is 12.0 Å². The van der Waals surface area contributed by atoms with E-state index in [9.17, 15) is 19.5 Å². The lowest BCUT2D eigenvalue weighted by Crippen LogP contribution is -2.39. The molecule has 0 atom stereocenters. The molecule has 0 aliphatic heterocycles. The first-order valence-corrected chi connectivity index (χ1v) is 8.03. The zero-order valence-electron chi connectivity index (χ0n) is 14.8. The summed E-state index contributed by atoms with van der Waals surface area (Å²) in [6, 6.07) is 9.46. The van der Waals surface area contributed by atoms with Gasteiger partial charge in [-0.2, -0.15) is 0 Å². The van der Waals surface area contributed by atoms with Crippen LogP contribution >= 0.6 is 0 Å². The maximum absolute atomic E-state index is 12.3. The molecule has 2 aromatic rings.